The average molecular weight is 273 g/mol. The molecule has 2 aromatic rings. The highest BCUT2D eigenvalue weighted by Gasteiger charge is 2.09. The normalized spacial score (nSPS) is 12.2. The first-order chi connectivity index (χ1) is 9.65. The summed E-state index contributed by atoms with van der Waals surface area (Å²) in [5, 5.41) is 12.1. The highest BCUT2D eigenvalue weighted by Crippen LogP contribution is 2.09. The number of carboxylic acids is 1. The van der Waals surface area contributed by atoms with E-state index in [0.717, 1.165) is 12.8 Å². The summed E-state index contributed by atoms with van der Waals surface area (Å²) in [7, 11) is 0. The molecule has 0 bridgehead atoms. The van der Waals surface area contributed by atoms with E-state index in [9.17, 15) is 4.79 Å². The van der Waals surface area contributed by atoms with Crippen molar-refractivity contribution >= 4 is 5.97 Å². The molecule has 2 N–H and O–H groups in total. The molecule has 0 spiro atoms. The summed E-state index contributed by atoms with van der Waals surface area (Å²) in [6.45, 7) is 2.66. The van der Waals surface area contributed by atoms with Gasteiger partial charge in [-0.05, 0) is 31.4 Å². The summed E-state index contributed by atoms with van der Waals surface area (Å²) >= 11 is 0. The second-order valence-electron chi connectivity index (χ2n) is 4.91. The molecule has 1 unspecified atom stereocenters. The molecule has 0 aliphatic rings. The van der Waals surface area contributed by atoms with Crippen molar-refractivity contribution in [2.75, 3.05) is 0 Å². The Bertz CT molecular complexity index is 548. The summed E-state index contributed by atoms with van der Waals surface area (Å²) in [4.78, 5) is 10.7. The van der Waals surface area contributed by atoms with E-state index in [1.807, 2.05) is 18.2 Å². The van der Waals surface area contributed by atoms with Gasteiger partial charge in [-0.1, -0.05) is 30.3 Å². The van der Waals surface area contributed by atoms with Gasteiger partial charge in [-0.2, -0.15) is 0 Å². The summed E-state index contributed by atoms with van der Waals surface area (Å²) < 4.78 is 5.20. The van der Waals surface area contributed by atoms with Crippen LogP contribution in [0, 0.1) is 0 Å². The number of aromatic carboxylic acids is 1. The molecule has 0 fully saturated rings. The molecule has 106 valence electrons. The number of carboxylic acid groups (broad SMARTS) is 1. The van der Waals surface area contributed by atoms with Gasteiger partial charge in [-0.15, -0.1) is 0 Å². The first kappa shape index (κ1) is 14.3. The van der Waals surface area contributed by atoms with Crippen molar-refractivity contribution in [1.29, 1.82) is 0 Å². The van der Waals surface area contributed by atoms with Crippen molar-refractivity contribution in [2.45, 2.75) is 32.4 Å². The third-order valence-corrected chi connectivity index (χ3v) is 3.23. The van der Waals surface area contributed by atoms with Crippen molar-refractivity contribution in [1.82, 2.24) is 5.32 Å². The lowest BCUT2D eigenvalue weighted by Crippen LogP contribution is -2.25. The number of furan rings is 1. The van der Waals surface area contributed by atoms with Gasteiger partial charge in [-0.3, -0.25) is 0 Å². The predicted octanol–water partition coefficient (Wildman–Crippen LogP) is 3.09. The zero-order valence-corrected chi connectivity index (χ0v) is 11.5. The topological polar surface area (TPSA) is 62.5 Å². The number of hydrogen-bond donors (Lipinski definition) is 2. The minimum absolute atomic E-state index is 0.193. The Balaban J connectivity index is 1.74. The van der Waals surface area contributed by atoms with Crippen LogP contribution in [0.15, 0.2) is 47.1 Å². The Morgan fingerprint density at radius 1 is 1.35 bits per heavy atom. The first-order valence-electron chi connectivity index (χ1n) is 6.73. The van der Waals surface area contributed by atoms with Crippen molar-refractivity contribution in [3.8, 4) is 0 Å². The largest absolute Gasteiger partial charge is 0.478 e. The highest BCUT2D eigenvalue weighted by molar-refractivity contribution is 5.87. The zero-order valence-electron chi connectivity index (χ0n) is 11.5. The van der Waals surface area contributed by atoms with E-state index in [2.05, 4.69) is 24.4 Å². The lowest BCUT2D eigenvalue weighted by atomic mass is 10.1. The Morgan fingerprint density at radius 3 is 2.75 bits per heavy atom. The number of nitrogens with one attached hydrogen (secondary N) is 1. The smallest absolute Gasteiger partial charge is 0.338 e. The van der Waals surface area contributed by atoms with Gasteiger partial charge in [0, 0.05) is 6.04 Å². The zero-order chi connectivity index (χ0) is 14.4. The van der Waals surface area contributed by atoms with Gasteiger partial charge in [0.1, 0.15) is 12.0 Å². The summed E-state index contributed by atoms with van der Waals surface area (Å²) in [5.41, 5.74) is 1.52. The van der Waals surface area contributed by atoms with Gasteiger partial charge < -0.3 is 14.8 Å². The summed E-state index contributed by atoms with van der Waals surface area (Å²) in [5.74, 6) is -0.314. The fourth-order valence-corrected chi connectivity index (χ4v) is 1.99. The van der Waals surface area contributed by atoms with Gasteiger partial charge in [0.25, 0.3) is 0 Å². The molecule has 0 radical (unpaired) electrons. The molecule has 0 saturated heterocycles. The highest BCUT2D eigenvalue weighted by atomic mass is 16.4. The summed E-state index contributed by atoms with van der Waals surface area (Å²) in [6.07, 6.45) is 3.32. The van der Waals surface area contributed by atoms with Crippen LogP contribution in [-0.2, 0) is 13.0 Å². The van der Waals surface area contributed by atoms with E-state index in [-0.39, 0.29) is 5.56 Å². The van der Waals surface area contributed by atoms with Gasteiger partial charge in [0.15, 0.2) is 0 Å². The van der Waals surface area contributed by atoms with Crippen LogP contribution in [0.1, 0.15) is 35.0 Å². The maximum Gasteiger partial charge on any atom is 0.338 e. The van der Waals surface area contributed by atoms with Crippen molar-refractivity contribution in [3.05, 3.63) is 59.5 Å². The molecule has 0 aliphatic carbocycles. The van der Waals surface area contributed by atoms with E-state index < -0.39 is 5.97 Å². The molecule has 0 saturated carbocycles. The molecule has 1 atom stereocenters. The van der Waals surface area contributed by atoms with E-state index >= 15 is 0 Å². The van der Waals surface area contributed by atoms with Gasteiger partial charge >= 0.3 is 5.97 Å². The SMILES string of the molecule is CC(CCc1ccccc1)NCc1cc(C(=O)O)co1. The first-order valence-corrected chi connectivity index (χ1v) is 6.73. The van der Waals surface area contributed by atoms with Crippen LogP contribution in [0.5, 0.6) is 0 Å². The minimum Gasteiger partial charge on any atom is -0.478 e. The number of benzene rings is 1. The van der Waals surface area contributed by atoms with Gasteiger partial charge in [-0.25, -0.2) is 4.79 Å². The quantitative estimate of drug-likeness (QED) is 0.813. The molecule has 4 heteroatoms. The molecular formula is C16H19NO3. The number of rotatable bonds is 7. The van der Waals surface area contributed by atoms with Crippen LogP contribution in [0.25, 0.3) is 0 Å². The third-order valence-electron chi connectivity index (χ3n) is 3.23. The van der Waals surface area contributed by atoms with E-state index in [4.69, 9.17) is 9.52 Å². The number of aryl methyl sites for hydroxylation is 1. The maximum atomic E-state index is 10.7. The van der Waals surface area contributed by atoms with Crippen LogP contribution in [0.4, 0.5) is 0 Å². The molecule has 0 aliphatic heterocycles. The summed E-state index contributed by atoms with van der Waals surface area (Å²) in [6, 6.07) is 12.2. The lowest BCUT2D eigenvalue weighted by Gasteiger charge is -2.12. The van der Waals surface area contributed by atoms with Gasteiger partial charge in [0.05, 0.1) is 12.1 Å². The Morgan fingerprint density at radius 2 is 2.10 bits per heavy atom. The van der Waals surface area contributed by atoms with Crippen LogP contribution < -0.4 is 5.32 Å². The third kappa shape index (κ3) is 4.24. The fraction of sp³-hybridized carbons (Fsp3) is 0.312. The van der Waals surface area contributed by atoms with Crippen molar-refractivity contribution in [2.24, 2.45) is 0 Å². The Kier molecular flexibility index (Phi) is 4.96. The molecule has 4 nitrogen and oxygen atoms in total. The molecular weight excluding hydrogens is 254 g/mol. The molecule has 0 amide bonds. The second-order valence-corrected chi connectivity index (χ2v) is 4.91. The Hall–Kier alpha value is -2.07. The molecule has 20 heavy (non-hydrogen) atoms. The maximum absolute atomic E-state index is 10.7. The minimum atomic E-state index is -0.961. The predicted molar refractivity (Wildman–Crippen MR) is 76.7 cm³/mol. The number of carbonyl (C=O) groups is 1. The monoisotopic (exact) mass is 273 g/mol. The van der Waals surface area contributed by atoms with Crippen molar-refractivity contribution in [3.63, 3.8) is 0 Å². The fourth-order valence-electron chi connectivity index (χ4n) is 1.99. The lowest BCUT2D eigenvalue weighted by molar-refractivity contribution is 0.0696. The second kappa shape index (κ2) is 6.91. The van der Waals surface area contributed by atoms with E-state index in [0.29, 0.717) is 18.3 Å². The molecule has 1 heterocycles. The van der Waals surface area contributed by atoms with Gasteiger partial charge in [0.2, 0.25) is 0 Å². The Labute approximate surface area is 118 Å². The van der Waals surface area contributed by atoms with Crippen molar-refractivity contribution < 1.29 is 14.3 Å². The van der Waals surface area contributed by atoms with Crippen LogP contribution in [0.3, 0.4) is 0 Å². The van der Waals surface area contributed by atoms with E-state index in [1.54, 1.807) is 6.07 Å². The van der Waals surface area contributed by atoms with Crippen LogP contribution in [0.2, 0.25) is 0 Å². The molecule has 1 aromatic heterocycles. The van der Waals surface area contributed by atoms with Crippen LogP contribution in [-0.4, -0.2) is 17.1 Å². The number of hydrogen-bond acceptors (Lipinski definition) is 3. The average Bonchev–Trinajstić information content (AvgIpc) is 2.93. The standard InChI is InChI=1S/C16H19NO3/c1-12(7-8-13-5-3-2-4-6-13)17-10-15-9-14(11-20-15)16(18)19/h2-6,9,11-12,17H,7-8,10H2,1H3,(H,18,19). The molecule has 2 rings (SSSR count). The van der Waals surface area contributed by atoms with E-state index in [1.165, 1.54) is 11.8 Å². The molecule has 1 aromatic carbocycles. The van der Waals surface area contributed by atoms with Crippen LogP contribution >= 0.6 is 0 Å².